The Hall–Kier alpha value is -1.98. The van der Waals surface area contributed by atoms with E-state index in [-0.39, 0.29) is 0 Å². The van der Waals surface area contributed by atoms with Crippen LogP contribution in [0.25, 0.3) is 0 Å². The highest BCUT2D eigenvalue weighted by atomic mass is 19.4. The van der Waals surface area contributed by atoms with E-state index in [1.807, 2.05) is 0 Å². The fraction of sp³-hybridized carbons (Fsp3) is 0.786. The number of rotatable bonds is 10. The molecule has 0 aliphatic rings. The van der Waals surface area contributed by atoms with Crippen LogP contribution in [0.5, 0.6) is 0 Å². The minimum atomic E-state index is -8.49. The van der Waals surface area contributed by atoms with Crippen molar-refractivity contribution in [3.05, 3.63) is 12.2 Å². The molecule has 0 amide bonds. The molecule has 0 unspecified atom stereocenters. The molecular weight excluding hydrogens is 523 g/mol. The molecule has 0 atom stereocenters. The van der Waals surface area contributed by atoms with Gasteiger partial charge in [-0.25, -0.2) is 4.79 Å². The molecule has 0 saturated heterocycles. The Labute approximate surface area is 171 Å². The molecule has 0 aliphatic heterocycles. The first-order chi connectivity index (χ1) is 14.0. The zero-order chi connectivity index (χ0) is 27.3. The third-order valence-corrected chi connectivity index (χ3v) is 3.69. The van der Waals surface area contributed by atoms with Crippen LogP contribution in [-0.4, -0.2) is 53.8 Å². The summed E-state index contributed by atoms with van der Waals surface area (Å²) < 4.78 is 225. The number of hydrogen-bond donors (Lipinski definition) is 0. The Morgan fingerprint density at radius 1 is 0.606 bits per heavy atom. The first-order valence-electron chi connectivity index (χ1n) is 7.64. The molecule has 0 radical (unpaired) electrons. The lowest BCUT2D eigenvalue weighted by molar-refractivity contribution is -0.461. The Kier molecular flexibility index (Phi) is 7.85. The van der Waals surface area contributed by atoms with Crippen LogP contribution in [0.15, 0.2) is 12.2 Å². The molecule has 0 aromatic rings. The lowest BCUT2D eigenvalue weighted by Crippen LogP contribution is -2.73. The summed E-state index contributed by atoms with van der Waals surface area (Å²) in [5.74, 6) is -50.7. The van der Waals surface area contributed by atoms with Crippen molar-refractivity contribution in [3.63, 3.8) is 0 Å². The number of carbonyl (C=O) groups excluding carboxylic acids is 1. The van der Waals surface area contributed by atoms with Crippen LogP contribution in [-0.2, 0) is 9.53 Å². The summed E-state index contributed by atoms with van der Waals surface area (Å²) in [4.78, 5) is 10.8. The monoisotopic (exact) mass is 532 g/mol. The highest BCUT2D eigenvalue weighted by molar-refractivity contribution is 5.87. The predicted molar refractivity (Wildman–Crippen MR) is 70.8 cm³/mol. The normalized spacial score (nSPS) is 15.5. The van der Waals surface area contributed by atoms with E-state index < -0.39 is 72.2 Å². The summed E-state index contributed by atoms with van der Waals surface area (Å²) in [6.07, 6.45) is -19.4. The first kappa shape index (κ1) is 31.0. The summed E-state index contributed by atoms with van der Waals surface area (Å²) >= 11 is 0. The summed E-state index contributed by atoms with van der Waals surface area (Å²) in [6.45, 7) is 2.91. The number of ether oxygens (including phenoxy) is 1. The fourth-order valence-corrected chi connectivity index (χ4v) is 1.73. The van der Waals surface area contributed by atoms with Crippen molar-refractivity contribution >= 4 is 5.97 Å². The largest absolute Gasteiger partial charge is 0.473 e. The quantitative estimate of drug-likeness (QED) is 0.175. The minimum Gasteiger partial charge on any atom is -0.393 e. The van der Waals surface area contributed by atoms with Crippen molar-refractivity contribution in [2.75, 3.05) is 0 Å². The van der Waals surface area contributed by atoms with Crippen molar-refractivity contribution in [3.8, 4) is 0 Å². The molecule has 0 N–H and O–H groups in total. The highest BCUT2D eigenvalue weighted by Crippen LogP contribution is 2.62. The van der Waals surface area contributed by atoms with E-state index in [1.165, 1.54) is 0 Å². The maximum absolute atomic E-state index is 13.5. The van der Waals surface area contributed by atoms with Crippen molar-refractivity contribution in [2.24, 2.45) is 0 Å². The lowest BCUT2D eigenvalue weighted by Gasteiger charge is -2.42. The van der Waals surface area contributed by atoms with Crippen molar-refractivity contribution in [1.29, 1.82) is 0 Å². The van der Waals surface area contributed by atoms with Crippen LogP contribution in [0, 0.1) is 0 Å². The van der Waals surface area contributed by atoms with E-state index >= 15 is 0 Å². The molecule has 19 heteroatoms. The smallest absolute Gasteiger partial charge is 0.393 e. The fourth-order valence-electron chi connectivity index (χ4n) is 1.73. The van der Waals surface area contributed by atoms with Gasteiger partial charge in [0.05, 0.1) is 0 Å². The standard InChI is InChI=1S/C14H9F17O2/c1-5(2)6(32)33-14(30,31)13(28,29)12(26,27)11(24,25)10(22,23)9(20,21)7(15,16)3-4-8(17,18)19/h1,3-4H2,2H3. The second-order valence-electron chi connectivity index (χ2n) is 6.38. The van der Waals surface area contributed by atoms with Crippen molar-refractivity contribution < 1.29 is 84.2 Å². The highest BCUT2D eigenvalue weighted by Gasteiger charge is 2.93. The third-order valence-electron chi connectivity index (χ3n) is 3.69. The van der Waals surface area contributed by atoms with Crippen LogP contribution in [0.2, 0.25) is 0 Å². The maximum atomic E-state index is 13.5. The number of esters is 1. The van der Waals surface area contributed by atoms with Crippen LogP contribution >= 0.6 is 0 Å². The number of alkyl halides is 17. The summed E-state index contributed by atoms with van der Waals surface area (Å²) in [5, 5.41) is 0. The molecule has 0 aliphatic carbocycles. The molecule has 196 valence electrons. The molecule has 2 nitrogen and oxygen atoms in total. The van der Waals surface area contributed by atoms with Gasteiger partial charge < -0.3 is 4.74 Å². The summed E-state index contributed by atoms with van der Waals surface area (Å²) in [7, 11) is 0. The molecule has 0 rings (SSSR count). The van der Waals surface area contributed by atoms with Gasteiger partial charge in [-0.3, -0.25) is 0 Å². The van der Waals surface area contributed by atoms with Gasteiger partial charge >= 0.3 is 53.8 Å². The van der Waals surface area contributed by atoms with Crippen LogP contribution in [0.4, 0.5) is 74.6 Å². The van der Waals surface area contributed by atoms with Crippen molar-refractivity contribution in [2.45, 2.75) is 67.6 Å². The second kappa shape index (κ2) is 8.35. The molecule has 0 bridgehead atoms. The molecule has 0 saturated carbocycles. The summed E-state index contributed by atoms with van der Waals surface area (Å²) in [5.41, 5.74) is -1.26. The topological polar surface area (TPSA) is 26.3 Å². The number of hydrogen-bond acceptors (Lipinski definition) is 2. The maximum Gasteiger partial charge on any atom is 0.473 e. The Bertz CT molecular complexity index is 749. The molecule has 0 spiro atoms. The summed E-state index contributed by atoms with van der Waals surface area (Å²) in [6, 6.07) is 0. The van der Waals surface area contributed by atoms with E-state index in [2.05, 4.69) is 11.3 Å². The Balaban J connectivity index is 6.49. The van der Waals surface area contributed by atoms with Gasteiger partial charge in [0, 0.05) is 18.4 Å². The van der Waals surface area contributed by atoms with Gasteiger partial charge in [-0.05, 0) is 6.92 Å². The Morgan fingerprint density at radius 2 is 0.939 bits per heavy atom. The lowest BCUT2D eigenvalue weighted by atomic mass is 9.89. The average Bonchev–Trinajstić information content (AvgIpc) is 2.57. The van der Waals surface area contributed by atoms with Gasteiger partial charge in [0.15, 0.2) is 0 Å². The van der Waals surface area contributed by atoms with E-state index in [0.29, 0.717) is 6.92 Å². The molecule has 0 fully saturated rings. The zero-order valence-electron chi connectivity index (χ0n) is 15.4. The second-order valence-corrected chi connectivity index (χ2v) is 6.38. The molecule has 0 aromatic heterocycles. The van der Waals surface area contributed by atoms with Gasteiger partial charge in [-0.15, -0.1) is 0 Å². The van der Waals surface area contributed by atoms with Crippen LogP contribution in [0.1, 0.15) is 19.8 Å². The molecule has 0 heterocycles. The third kappa shape index (κ3) is 5.09. The average molecular weight is 532 g/mol. The molecule has 0 aromatic carbocycles. The van der Waals surface area contributed by atoms with Gasteiger partial charge in [0.2, 0.25) is 0 Å². The Morgan fingerprint density at radius 3 is 1.27 bits per heavy atom. The van der Waals surface area contributed by atoms with Gasteiger partial charge in [0.25, 0.3) is 0 Å². The first-order valence-corrected chi connectivity index (χ1v) is 7.64. The minimum absolute atomic E-state index is 0.418. The van der Waals surface area contributed by atoms with E-state index in [1.54, 1.807) is 0 Å². The van der Waals surface area contributed by atoms with Gasteiger partial charge in [-0.1, -0.05) is 6.58 Å². The van der Waals surface area contributed by atoms with Crippen LogP contribution in [0.3, 0.4) is 0 Å². The predicted octanol–water partition coefficient (Wildman–Crippen LogP) is 6.85. The molecule has 33 heavy (non-hydrogen) atoms. The van der Waals surface area contributed by atoms with Gasteiger partial charge in [-0.2, -0.15) is 74.6 Å². The zero-order valence-corrected chi connectivity index (χ0v) is 15.4. The van der Waals surface area contributed by atoms with E-state index in [9.17, 15) is 79.4 Å². The molecular formula is C14H9F17O2. The van der Waals surface area contributed by atoms with Crippen molar-refractivity contribution in [1.82, 2.24) is 0 Å². The van der Waals surface area contributed by atoms with Gasteiger partial charge in [0.1, 0.15) is 0 Å². The number of halogens is 17. The van der Waals surface area contributed by atoms with Crippen LogP contribution < -0.4 is 0 Å². The van der Waals surface area contributed by atoms with E-state index in [0.717, 1.165) is 0 Å². The SMILES string of the molecule is C=C(C)C(=O)OC(F)(F)C(F)(F)C(F)(F)C(F)(F)C(F)(F)C(F)(F)C(F)(F)CCC(F)(F)F. The van der Waals surface area contributed by atoms with E-state index in [4.69, 9.17) is 0 Å². The number of carbonyl (C=O) groups is 1.